The first-order chi connectivity index (χ1) is 5.56. The van der Waals surface area contributed by atoms with Crippen molar-refractivity contribution in [3.63, 3.8) is 0 Å². The highest BCUT2D eigenvalue weighted by Gasteiger charge is 2.03. The summed E-state index contributed by atoms with van der Waals surface area (Å²) < 4.78 is 4.90. The summed E-state index contributed by atoms with van der Waals surface area (Å²) in [5.41, 5.74) is 0. The van der Waals surface area contributed by atoms with Gasteiger partial charge in [-0.2, -0.15) is 0 Å². The van der Waals surface area contributed by atoms with E-state index >= 15 is 0 Å². The van der Waals surface area contributed by atoms with Gasteiger partial charge in [0, 0.05) is 6.42 Å². The Kier molecular flexibility index (Phi) is 5.08. The molecule has 4 heteroatoms. The van der Waals surface area contributed by atoms with E-state index in [1.54, 1.807) is 0 Å². The SMILES string of the molecule is COC(CC(C)C)=NCC(=O)O. The summed E-state index contributed by atoms with van der Waals surface area (Å²) in [5.74, 6) is -0.00167. The van der Waals surface area contributed by atoms with Crippen LogP contribution in [0, 0.1) is 5.92 Å². The lowest BCUT2D eigenvalue weighted by Crippen LogP contribution is -2.09. The van der Waals surface area contributed by atoms with Crippen molar-refractivity contribution in [2.24, 2.45) is 10.9 Å². The van der Waals surface area contributed by atoms with Crippen molar-refractivity contribution in [3.05, 3.63) is 0 Å². The van der Waals surface area contributed by atoms with Crippen molar-refractivity contribution in [3.8, 4) is 0 Å². The summed E-state index contributed by atoms with van der Waals surface area (Å²) in [6.07, 6.45) is 0.684. The second kappa shape index (κ2) is 5.57. The summed E-state index contributed by atoms with van der Waals surface area (Å²) in [5, 5.41) is 8.33. The largest absolute Gasteiger partial charge is 0.484 e. The molecule has 0 aromatic heterocycles. The first-order valence-corrected chi connectivity index (χ1v) is 3.85. The van der Waals surface area contributed by atoms with Crippen molar-refractivity contribution < 1.29 is 14.6 Å². The van der Waals surface area contributed by atoms with Crippen LogP contribution in [0.2, 0.25) is 0 Å². The average molecular weight is 173 g/mol. The Morgan fingerprint density at radius 3 is 2.50 bits per heavy atom. The van der Waals surface area contributed by atoms with E-state index in [-0.39, 0.29) is 6.54 Å². The molecule has 12 heavy (non-hydrogen) atoms. The normalized spacial score (nSPS) is 11.8. The molecule has 0 atom stereocenters. The number of nitrogens with zero attached hydrogens (tertiary/aromatic N) is 1. The molecule has 0 aliphatic carbocycles. The van der Waals surface area contributed by atoms with Crippen LogP contribution in [0.4, 0.5) is 0 Å². The average Bonchev–Trinajstić information content (AvgIpc) is 1.97. The second-order valence-corrected chi connectivity index (χ2v) is 2.91. The Hall–Kier alpha value is -1.06. The third kappa shape index (κ3) is 5.70. The van der Waals surface area contributed by atoms with Crippen LogP contribution in [0.3, 0.4) is 0 Å². The van der Waals surface area contributed by atoms with E-state index in [2.05, 4.69) is 4.99 Å². The van der Waals surface area contributed by atoms with Crippen LogP contribution in [0.5, 0.6) is 0 Å². The maximum Gasteiger partial charge on any atom is 0.325 e. The van der Waals surface area contributed by atoms with Gasteiger partial charge in [-0.25, -0.2) is 4.99 Å². The second-order valence-electron chi connectivity index (χ2n) is 2.91. The first-order valence-electron chi connectivity index (χ1n) is 3.85. The molecule has 4 nitrogen and oxygen atoms in total. The van der Waals surface area contributed by atoms with Crippen LogP contribution in [0.25, 0.3) is 0 Å². The molecule has 0 saturated carbocycles. The molecule has 0 aliphatic rings. The predicted molar refractivity (Wildman–Crippen MR) is 46.4 cm³/mol. The zero-order chi connectivity index (χ0) is 9.56. The maximum atomic E-state index is 10.1. The standard InChI is InChI=1S/C8H15NO3/c1-6(2)4-7(12-3)9-5-8(10)11/h6H,4-5H2,1-3H3,(H,10,11). The maximum absolute atomic E-state index is 10.1. The van der Waals surface area contributed by atoms with E-state index in [0.717, 1.165) is 0 Å². The van der Waals surface area contributed by atoms with Gasteiger partial charge in [0.1, 0.15) is 6.54 Å². The van der Waals surface area contributed by atoms with Crippen LogP contribution in [0.1, 0.15) is 20.3 Å². The van der Waals surface area contributed by atoms with Crippen molar-refractivity contribution in [2.75, 3.05) is 13.7 Å². The Morgan fingerprint density at radius 1 is 1.58 bits per heavy atom. The van der Waals surface area contributed by atoms with Gasteiger partial charge >= 0.3 is 5.97 Å². The highest BCUT2D eigenvalue weighted by atomic mass is 16.5. The lowest BCUT2D eigenvalue weighted by molar-refractivity contribution is -0.135. The van der Waals surface area contributed by atoms with Crippen LogP contribution in [-0.4, -0.2) is 30.6 Å². The van der Waals surface area contributed by atoms with E-state index < -0.39 is 5.97 Å². The van der Waals surface area contributed by atoms with Gasteiger partial charge in [-0.05, 0) is 5.92 Å². The first kappa shape index (κ1) is 10.9. The molecule has 0 heterocycles. The highest BCUT2D eigenvalue weighted by molar-refractivity contribution is 5.79. The zero-order valence-corrected chi connectivity index (χ0v) is 7.70. The van der Waals surface area contributed by atoms with Gasteiger partial charge in [0.2, 0.25) is 0 Å². The van der Waals surface area contributed by atoms with E-state index in [0.29, 0.717) is 18.2 Å². The van der Waals surface area contributed by atoms with Gasteiger partial charge in [-0.15, -0.1) is 0 Å². The van der Waals surface area contributed by atoms with Crippen molar-refractivity contribution in [1.82, 2.24) is 0 Å². The van der Waals surface area contributed by atoms with Crippen LogP contribution in [0.15, 0.2) is 4.99 Å². The molecule has 0 saturated heterocycles. The number of hydrogen-bond acceptors (Lipinski definition) is 3. The molecule has 70 valence electrons. The highest BCUT2D eigenvalue weighted by Crippen LogP contribution is 2.01. The third-order valence-electron chi connectivity index (χ3n) is 1.21. The van der Waals surface area contributed by atoms with E-state index in [4.69, 9.17) is 9.84 Å². The zero-order valence-electron chi connectivity index (χ0n) is 7.70. The van der Waals surface area contributed by atoms with E-state index in [9.17, 15) is 4.79 Å². The van der Waals surface area contributed by atoms with Crippen LogP contribution < -0.4 is 0 Å². The summed E-state index contributed by atoms with van der Waals surface area (Å²) in [6, 6.07) is 0. The fraction of sp³-hybridized carbons (Fsp3) is 0.750. The van der Waals surface area contributed by atoms with E-state index in [1.807, 2.05) is 13.8 Å². The van der Waals surface area contributed by atoms with Crippen LogP contribution in [-0.2, 0) is 9.53 Å². The summed E-state index contributed by atoms with van der Waals surface area (Å²) in [4.78, 5) is 13.9. The Balaban J connectivity index is 3.95. The number of aliphatic carboxylic acids is 1. The number of rotatable bonds is 4. The molecule has 0 spiro atoms. The van der Waals surface area contributed by atoms with Gasteiger partial charge in [0.05, 0.1) is 7.11 Å². The summed E-state index contributed by atoms with van der Waals surface area (Å²) in [6.45, 7) is 3.83. The van der Waals surface area contributed by atoms with Crippen molar-refractivity contribution in [2.45, 2.75) is 20.3 Å². The fourth-order valence-electron chi connectivity index (χ4n) is 0.717. The number of carboxylic acid groups (broad SMARTS) is 1. The van der Waals surface area contributed by atoms with Gasteiger partial charge in [-0.3, -0.25) is 4.79 Å². The van der Waals surface area contributed by atoms with Crippen molar-refractivity contribution in [1.29, 1.82) is 0 Å². The number of methoxy groups -OCH3 is 1. The molecule has 0 rings (SSSR count). The quantitative estimate of drug-likeness (QED) is 0.512. The van der Waals surface area contributed by atoms with Gasteiger partial charge < -0.3 is 9.84 Å². The predicted octanol–water partition coefficient (Wildman–Crippen LogP) is 1.16. The van der Waals surface area contributed by atoms with E-state index in [1.165, 1.54) is 7.11 Å². The van der Waals surface area contributed by atoms with Gasteiger partial charge in [-0.1, -0.05) is 13.8 Å². The number of carbonyl (C=O) groups is 1. The number of ether oxygens (including phenoxy) is 1. The topological polar surface area (TPSA) is 58.9 Å². The molecular formula is C8H15NO3. The molecule has 0 radical (unpaired) electrons. The van der Waals surface area contributed by atoms with Crippen molar-refractivity contribution >= 4 is 11.9 Å². The molecule has 0 amide bonds. The molecule has 0 unspecified atom stereocenters. The smallest absolute Gasteiger partial charge is 0.325 e. The minimum atomic E-state index is -0.937. The lowest BCUT2D eigenvalue weighted by Gasteiger charge is -2.06. The molecule has 0 aliphatic heterocycles. The number of aliphatic imine (C=N–C) groups is 1. The molecule has 0 fully saturated rings. The van der Waals surface area contributed by atoms with Crippen LogP contribution >= 0.6 is 0 Å². The summed E-state index contributed by atoms with van der Waals surface area (Å²) in [7, 11) is 1.50. The molecule has 0 aromatic carbocycles. The number of hydrogen-bond donors (Lipinski definition) is 1. The Labute approximate surface area is 72.3 Å². The third-order valence-corrected chi connectivity index (χ3v) is 1.21. The number of carboxylic acids is 1. The van der Waals surface area contributed by atoms with Gasteiger partial charge in [0.25, 0.3) is 0 Å². The molecule has 0 aromatic rings. The molecule has 0 bridgehead atoms. The Morgan fingerprint density at radius 2 is 2.17 bits per heavy atom. The van der Waals surface area contributed by atoms with Gasteiger partial charge in [0.15, 0.2) is 5.90 Å². The molecule has 1 N–H and O–H groups in total. The monoisotopic (exact) mass is 173 g/mol. The summed E-state index contributed by atoms with van der Waals surface area (Å²) >= 11 is 0. The Bertz CT molecular complexity index is 175. The molecular weight excluding hydrogens is 158 g/mol. The minimum Gasteiger partial charge on any atom is -0.484 e. The minimum absolute atomic E-state index is 0.212. The fourth-order valence-corrected chi connectivity index (χ4v) is 0.717. The lowest BCUT2D eigenvalue weighted by atomic mass is 10.1.